The Morgan fingerprint density at radius 1 is 1.55 bits per heavy atom. The van der Waals surface area contributed by atoms with Crippen molar-refractivity contribution in [3.63, 3.8) is 0 Å². The first-order valence-electron chi connectivity index (χ1n) is 6.77. The Bertz CT molecular complexity index is 593. The summed E-state index contributed by atoms with van der Waals surface area (Å²) in [5.41, 5.74) is 1.54. The van der Waals surface area contributed by atoms with E-state index in [2.05, 4.69) is 16.9 Å². The van der Waals surface area contributed by atoms with Crippen LogP contribution in [0.2, 0.25) is 0 Å². The van der Waals surface area contributed by atoms with Crippen LogP contribution in [0.15, 0.2) is 35.7 Å². The minimum absolute atomic E-state index is 0.00114. The molecule has 1 aromatic rings. The summed E-state index contributed by atoms with van der Waals surface area (Å²) in [6, 6.07) is 3.30. The molecule has 0 saturated carbocycles. The minimum atomic E-state index is -0.755. The quantitative estimate of drug-likeness (QED) is 0.638. The molecule has 2 aliphatic rings. The van der Waals surface area contributed by atoms with Gasteiger partial charge in [-0.05, 0) is 12.1 Å². The molecule has 1 saturated heterocycles. The van der Waals surface area contributed by atoms with E-state index in [1.54, 1.807) is 6.07 Å². The Labute approximate surface area is 117 Å². The maximum atomic E-state index is 11.4. The van der Waals surface area contributed by atoms with E-state index in [-0.39, 0.29) is 11.7 Å². The molecule has 5 nitrogen and oxygen atoms in total. The first-order chi connectivity index (χ1) is 9.73. The van der Waals surface area contributed by atoms with Gasteiger partial charge in [-0.25, -0.2) is 0 Å². The normalized spacial score (nSPS) is 27.7. The molecule has 5 heteroatoms. The predicted molar refractivity (Wildman–Crippen MR) is 76.3 cm³/mol. The average Bonchev–Trinajstić information content (AvgIpc) is 2.83. The van der Waals surface area contributed by atoms with E-state index < -0.39 is 5.79 Å². The summed E-state index contributed by atoms with van der Waals surface area (Å²) < 4.78 is 12.0. The van der Waals surface area contributed by atoms with Crippen molar-refractivity contribution in [2.75, 3.05) is 19.7 Å². The summed E-state index contributed by atoms with van der Waals surface area (Å²) in [6.07, 6.45) is 6.34. The lowest BCUT2D eigenvalue weighted by atomic mass is 9.95. The molecule has 1 aliphatic heterocycles. The van der Waals surface area contributed by atoms with Crippen LogP contribution in [0.4, 0.5) is 0 Å². The fourth-order valence-corrected chi connectivity index (χ4v) is 2.66. The maximum Gasteiger partial charge on any atom is 0.248 e. The van der Waals surface area contributed by atoms with Crippen molar-refractivity contribution >= 4 is 6.08 Å². The fourth-order valence-electron chi connectivity index (χ4n) is 2.66. The molecule has 1 spiro atoms. The van der Waals surface area contributed by atoms with Gasteiger partial charge >= 0.3 is 0 Å². The molecule has 0 bridgehead atoms. The number of rotatable bonds is 4. The third kappa shape index (κ3) is 2.35. The molecular formula is C15H18N2O3. The molecule has 0 aromatic carbocycles. The van der Waals surface area contributed by atoms with E-state index in [9.17, 15) is 4.79 Å². The molecule has 106 valence electrons. The number of hydrogen-bond acceptors (Lipinski definition) is 4. The van der Waals surface area contributed by atoms with Gasteiger partial charge in [-0.3, -0.25) is 4.79 Å². The number of ether oxygens (including phenoxy) is 2. The van der Waals surface area contributed by atoms with E-state index in [1.165, 1.54) is 6.07 Å². The Balaban J connectivity index is 1.80. The highest BCUT2D eigenvalue weighted by atomic mass is 16.7. The summed E-state index contributed by atoms with van der Waals surface area (Å²) in [5.74, 6) is -0.755. The summed E-state index contributed by atoms with van der Waals surface area (Å²) in [7, 11) is 0. The van der Waals surface area contributed by atoms with Crippen LogP contribution in [-0.2, 0) is 15.3 Å². The number of H-pyrrole nitrogens is 1. The topological polar surface area (TPSA) is 63.3 Å². The van der Waals surface area contributed by atoms with Crippen molar-refractivity contribution in [3.8, 4) is 0 Å². The first-order valence-corrected chi connectivity index (χ1v) is 6.77. The molecule has 1 aliphatic carbocycles. The van der Waals surface area contributed by atoms with E-state index in [0.29, 0.717) is 13.0 Å². The van der Waals surface area contributed by atoms with E-state index >= 15 is 0 Å². The summed E-state index contributed by atoms with van der Waals surface area (Å²) >= 11 is 0. The van der Waals surface area contributed by atoms with Crippen molar-refractivity contribution in [3.05, 3.63) is 52.5 Å². The summed E-state index contributed by atoms with van der Waals surface area (Å²) in [4.78, 5) is 14.2. The fraction of sp³-hybridized carbons (Fsp3) is 0.400. The van der Waals surface area contributed by atoms with Gasteiger partial charge in [0.15, 0.2) is 0 Å². The molecule has 0 amide bonds. The second kappa shape index (κ2) is 5.36. The Morgan fingerprint density at radius 3 is 3.30 bits per heavy atom. The molecule has 3 rings (SSSR count). The third-order valence-electron chi connectivity index (χ3n) is 3.55. The number of nitrogens with one attached hydrogen (secondary N) is 2. The Hall–Kier alpha value is -1.69. The van der Waals surface area contributed by atoms with Crippen LogP contribution < -0.4 is 10.9 Å². The van der Waals surface area contributed by atoms with Crippen LogP contribution in [0.3, 0.4) is 0 Å². The molecule has 2 atom stereocenters. The Kier molecular flexibility index (Phi) is 3.56. The number of fused-ring (bicyclic) bond motifs is 2. The maximum absolute atomic E-state index is 11.4. The molecule has 0 radical (unpaired) electrons. The van der Waals surface area contributed by atoms with Gasteiger partial charge in [0, 0.05) is 36.8 Å². The number of pyridine rings is 1. The van der Waals surface area contributed by atoms with Gasteiger partial charge in [-0.1, -0.05) is 12.2 Å². The van der Waals surface area contributed by atoms with Crippen molar-refractivity contribution in [1.82, 2.24) is 10.3 Å². The minimum Gasteiger partial charge on any atom is -0.343 e. The van der Waals surface area contributed by atoms with Crippen molar-refractivity contribution in [2.45, 2.75) is 18.3 Å². The van der Waals surface area contributed by atoms with Crippen LogP contribution in [0.1, 0.15) is 17.7 Å². The molecule has 1 aromatic heterocycles. The summed E-state index contributed by atoms with van der Waals surface area (Å²) in [5, 5.41) is 3.23. The van der Waals surface area contributed by atoms with Gasteiger partial charge in [-0.2, -0.15) is 0 Å². The van der Waals surface area contributed by atoms with Gasteiger partial charge in [0.2, 0.25) is 11.3 Å². The second-order valence-corrected chi connectivity index (χ2v) is 5.01. The monoisotopic (exact) mass is 274 g/mol. The van der Waals surface area contributed by atoms with Crippen molar-refractivity contribution in [2.24, 2.45) is 0 Å². The lowest BCUT2D eigenvalue weighted by Crippen LogP contribution is -2.34. The lowest BCUT2D eigenvalue weighted by molar-refractivity contribution is -0.174. The largest absolute Gasteiger partial charge is 0.343 e. The van der Waals surface area contributed by atoms with Gasteiger partial charge in [0.25, 0.3) is 0 Å². The van der Waals surface area contributed by atoms with E-state index in [1.807, 2.05) is 18.2 Å². The molecule has 2 heterocycles. The van der Waals surface area contributed by atoms with E-state index in [4.69, 9.17) is 9.47 Å². The predicted octanol–water partition coefficient (Wildman–Crippen LogP) is 1.14. The first kappa shape index (κ1) is 13.3. The highest BCUT2D eigenvalue weighted by molar-refractivity contribution is 5.54. The highest BCUT2D eigenvalue weighted by Gasteiger charge is 2.44. The van der Waals surface area contributed by atoms with Gasteiger partial charge in [0.1, 0.15) is 0 Å². The number of aromatic amines is 1. The van der Waals surface area contributed by atoms with Crippen molar-refractivity contribution < 1.29 is 9.47 Å². The molecule has 20 heavy (non-hydrogen) atoms. The lowest BCUT2D eigenvalue weighted by Gasteiger charge is -2.31. The van der Waals surface area contributed by atoms with Crippen LogP contribution >= 0.6 is 0 Å². The van der Waals surface area contributed by atoms with E-state index in [0.717, 1.165) is 24.3 Å². The summed E-state index contributed by atoms with van der Waals surface area (Å²) in [6.45, 7) is 5.67. The number of hydrogen-bond donors (Lipinski definition) is 2. The van der Waals surface area contributed by atoms with Crippen LogP contribution in [-0.4, -0.2) is 30.8 Å². The second-order valence-electron chi connectivity index (χ2n) is 5.01. The smallest absolute Gasteiger partial charge is 0.248 e. The molecule has 2 unspecified atom stereocenters. The SMILES string of the molecule is C=CCNCC1COC2(CC=Cc3[nH]c(=O)ccc32)O1. The molecular weight excluding hydrogens is 256 g/mol. The van der Waals surface area contributed by atoms with Crippen LogP contribution in [0, 0.1) is 0 Å². The van der Waals surface area contributed by atoms with Gasteiger partial charge in [0.05, 0.1) is 12.7 Å². The molecule has 1 fully saturated rings. The molecule has 2 N–H and O–H groups in total. The zero-order valence-corrected chi connectivity index (χ0v) is 11.2. The van der Waals surface area contributed by atoms with Crippen LogP contribution in [0.5, 0.6) is 0 Å². The van der Waals surface area contributed by atoms with Gasteiger partial charge < -0.3 is 19.8 Å². The van der Waals surface area contributed by atoms with Gasteiger partial charge in [-0.15, -0.1) is 6.58 Å². The zero-order chi connectivity index (χ0) is 14.0. The highest BCUT2D eigenvalue weighted by Crippen LogP contribution is 2.41. The zero-order valence-electron chi connectivity index (χ0n) is 11.2. The third-order valence-corrected chi connectivity index (χ3v) is 3.55. The van der Waals surface area contributed by atoms with Crippen molar-refractivity contribution in [1.29, 1.82) is 0 Å². The van der Waals surface area contributed by atoms with Crippen LogP contribution in [0.25, 0.3) is 6.08 Å². The Morgan fingerprint density at radius 2 is 2.45 bits per heavy atom. The standard InChI is InChI=1S/C15H18N2O3/c1-2-8-16-9-11-10-19-15(20-11)7-3-4-13-12(15)5-6-14(18)17-13/h2-6,11,16H,1,7-10H2,(H,17,18). The number of aromatic nitrogens is 1. The average molecular weight is 274 g/mol.